The number of nitrogens with one attached hydrogen (secondary N) is 2. The van der Waals surface area contributed by atoms with Crippen molar-refractivity contribution in [2.24, 2.45) is 5.92 Å². The van der Waals surface area contributed by atoms with Crippen LogP contribution in [0.2, 0.25) is 0 Å². The molecule has 2 rings (SSSR count). The van der Waals surface area contributed by atoms with Gasteiger partial charge >= 0.3 is 0 Å². The molecule has 0 spiro atoms. The summed E-state index contributed by atoms with van der Waals surface area (Å²) in [5.74, 6) is 0.697. The van der Waals surface area contributed by atoms with Gasteiger partial charge in [-0.2, -0.15) is 0 Å². The number of aliphatic hydroxyl groups is 1. The van der Waals surface area contributed by atoms with Crippen LogP contribution in [0.3, 0.4) is 0 Å². The SMILES string of the molecule is COc1ccc(C(=O)NCC2CNCC2O)c(I)c1.Cl. The Morgan fingerprint density at radius 2 is 2.30 bits per heavy atom. The van der Waals surface area contributed by atoms with Crippen LogP contribution in [0, 0.1) is 9.49 Å². The van der Waals surface area contributed by atoms with Crippen molar-refractivity contribution in [2.45, 2.75) is 6.10 Å². The number of carbonyl (C=O) groups excluding carboxylic acids is 1. The molecule has 1 amide bonds. The summed E-state index contributed by atoms with van der Waals surface area (Å²) in [5.41, 5.74) is 0.627. The van der Waals surface area contributed by atoms with Crippen molar-refractivity contribution in [3.8, 4) is 5.75 Å². The maximum absolute atomic E-state index is 12.1. The first-order chi connectivity index (χ1) is 9.11. The van der Waals surface area contributed by atoms with Crippen LogP contribution < -0.4 is 15.4 Å². The molecule has 0 bridgehead atoms. The van der Waals surface area contributed by atoms with Gasteiger partial charge < -0.3 is 20.5 Å². The third-order valence-corrected chi connectivity index (χ3v) is 4.14. The zero-order chi connectivity index (χ0) is 13.8. The number of benzene rings is 1. The van der Waals surface area contributed by atoms with E-state index in [2.05, 4.69) is 33.2 Å². The van der Waals surface area contributed by atoms with Crippen molar-refractivity contribution < 1.29 is 14.6 Å². The maximum Gasteiger partial charge on any atom is 0.252 e. The van der Waals surface area contributed by atoms with Crippen molar-refractivity contribution in [2.75, 3.05) is 26.7 Å². The van der Waals surface area contributed by atoms with Gasteiger partial charge in [-0.3, -0.25) is 4.79 Å². The molecule has 1 heterocycles. The van der Waals surface area contributed by atoms with Gasteiger partial charge in [-0.15, -0.1) is 12.4 Å². The molecule has 112 valence electrons. The Labute approximate surface area is 138 Å². The molecule has 2 atom stereocenters. The molecule has 0 aliphatic carbocycles. The number of rotatable bonds is 4. The van der Waals surface area contributed by atoms with Gasteiger partial charge in [-0.05, 0) is 40.8 Å². The molecule has 7 heteroatoms. The van der Waals surface area contributed by atoms with Gasteiger partial charge in [0, 0.05) is 29.1 Å². The Morgan fingerprint density at radius 3 is 2.85 bits per heavy atom. The molecule has 1 aliphatic rings. The first-order valence-corrected chi connectivity index (χ1v) is 7.20. The summed E-state index contributed by atoms with van der Waals surface area (Å²) >= 11 is 2.11. The molecule has 3 N–H and O–H groups in total. The van der Waals surface area contributed by atoms with Gasteiger partial charge in [0.05, 0.1) is 18.8 Å². The number of halogens is 2. The number of carbonyl (C=O) groups is 1. The Bertz CT molecular complexity index is 473. The molecule has 20 heavy (non-hydrogen) atoms. The van der Waals surface area contributed by atoms with E-state index in [9.17, 15) is 9.90 Å². The van der Waals surface area contributed by atoms with Crippen LogP contribution in [-0.2, 0) is 0 Å². The highest BCUT2D eigenvalue weighted by molar-refractivity contribution is 14.1. The molecular weight excluding hydrogens is 395 g/mol. The third kappa shape index (κ3) is 4.21. The van der Waals surface area contributed by atoms with E-state index in [1.54, 1.807) is 19.2 Å². The van der Waals surface area contributed by atoms with Gasteiger partial charge in [0.2, 0.25) is 0 Å². The van der Waals surface area contributed by atoms with Crippen molar-refractivity contribution in [3.05, 3.63) is 27.3 Å². The zero-order valence-electron chi connectivity index (χ0n) is 11.1. The average molecular weight is 413 g/mol. The van der Waals surface area contributed by atoms with E-state index < -0.39 is 0 Å². The highest BCUT2D eigenvalue weighted by Gasteiger charge is 2.25. The highest BCUT2D eigenvalue weighted by Crippen LogP contribution is 2.19. The van der Waals surface area contributed by atoms with Gasteiger partial charge in [-0.25, -0.2) is 0 Å². The number of ether oxygens (including phenoxy) is 1. The van der Waals surface area contributed by atoms with Crippen LogP contribution in [0.1, 0.15) is 10.4 Å². The summed E-state index contributed by atoms with van der Waals surface area (Å²) in [6, 6.07) is 5.34. The Hall–Kier alpha value is -0.570. The monoisotopic (exact) mass is 412 g/mol. The fourth-order valence-electron chi connectivity index (χ4n) is 2.05. The summed E-state index contributed by atoms with van der Waals surface area (Å²) in [6.45, 7) is 1.82. The summed E-state index contributed by atoms with van der Waals surface area (Å²) in [4.78, 5) is 12.1. The number of hydrogen-bond donors (Lipinski definition) is 3. The summed E-state index contributed by atoms with van der Waals surface area (Å²) in [6.07, 6.45) is -0.379. The van der Waals surface area contributed by atoms with Crippen LogP contribution in [0.25, 0.3) is 0 Å². The quantitative estimate of drug-likeness (QED) is 0.646. The van der Waals surface area contributed by atoms with Crippen LogP contribution in [0.15, 0.2) is 18.2 Å². The second-order valence-corrected chi connectivity index (χ2v) is 5.70. The number of β-amino-alcohol motifs (C(OH)–C–C–N with tert-alkyl or cyclic N) is 1. The van der Waals surface area contributed by atoms with Gasteiger partial charge in [0.25, 0.3) is 5.91 Å². The molecule has 5 nitrogen and oxygen atoms in total. The molecule has 0 saturated carbocycles. The van der Waals surface area contributed by atoms with Crippen LogP contribution in [0.4, 0.5) is 0 Å². The van der Waals surface area contributed by atoms with Crippen LogP contribution in [-0.4, -0.2) is 43.9 Å². The van der Waals surface area contributed by atoms with E-state index in [-0.39, 0.29) is 30.3 Å². The van der Waals surface area contributed by atoms with Crippen molar-refractivity contribution in [3.63, 3.8) is 0 Å². The normalized spacial score (nSPS) is 21.1. The van der Waals surface area contributed by atoms with Crippen LogP contribution in [0.5, 0.6) is 5.75 Å². The Morgan fingerprint density at radius 1 is 1.55 bits per heavy atom. The summed E-state index contributed by atoms with van der Waals surface area (Å²) < 4.78 is 5.95. The van der Waals surface area contributed by atoms with Gasteiger partial charge in [-0.1, -0.05) is 0 Å². The lowest BCUT2D eigenvalue weighted by atomic mass is 10.1. The van der Waals surface area contributed by atoms with E-state index in [1.807, 2.05) is 6.07 Å². The minimum Gasteiger partial charge on any atom is -0.497 e. The van der Waals surface area contributed by atoms with Crippen molar-refractivity contribution in [1.82, 2.24) is 10.6 Å². The fourth-order valence-corrected chi connectivity index (χ4v) is 2.79. The topological polar surface area (TPSA) is 70.6 Å². The average Bonchev–Trinajstić information content (AvgIpc) is 2.81. The molecule has 1 saturated heterocycles. The second-order valence-electron chi connectivity index (χ2n) is 4.54. The van der Waals surface area contributed by atoms with Gasteiger partial charge in [0.1, 0.15) is 5.75 Å². The first kappa shape index (κ1) is 17.5. The minimum atomic E-state index is -0.379. The number of amides is 1. The lowest BCUT2D eigenvalue weighted by molar-refractivity contribution is 0.0926. The van der Waals surface area contributed by atoms with Crippen LogP contribution >= 0.6 is 35.0 Å². The molecular formula is C13H18ClIN2O3. The minimum absolute atomic E-state index is 0. The summed E-state index contributed by atoms with van der Waals surface area (Å²) in [5, 5.41) is 15.6. The summed E-state index contributed by atoms with van der Waals surface area (Å²) in [7, 11) is 1.60. The third-order valence-electron chi connectivity index (χ3n) is 3.25. The van der Waals surface area contributed by atoms with E-state index in [1.165, 1.54) is 0 Å². The Kier molecular flexibility index (Phi) is 7.01. The Balaban J connectivity index is 0.00000200. The molecule has 1 fully saturated rings. The maximum atomic E-state index is 12.1. The van der Waals surface area contributed by atoms with Gasteiger partial charge in [0.15, 0.2) is 0 Å². The predicted octanol–water partition coefficient (Wildman–Crippen LogP) is 1.03. The van der Waals surface area contributed by atoms with E-state index in [4.69, 9.17) is 4.74 Å². The number of hydrogen-bond acceptors (Lipinski definition) is 4. The number of methoxy groups -OCH3 is 1. The lowest BCUT2D eigenvalue weighted by Crippen LogP contribution is -2.34. The standard InChI is InChI=1S/C13H17IN2O3.ClH/c1-19-9-2-3-10(11(14)4-9)13(18)16-6-8-5-15-7-12(8)17;/h2-4,8,12,15,17H,5-7H2,1H3,(H,16,18);1H. The van der Waals surface area contributed by atoms with Crippen molar-refractivity contribution in [1.29, 1.82) is 0 Å². The molecule has 0 aromatic heterocycles. The molecule has 0 radical (unpaired) electrons. The molecule has 2 unspecified atom stereocenters. The number of aliphatic hydroxyl groups excluding tert-OH is 1. The largest absolute Gasteiger partial charge is 0.497 e. The first-order valence-electron chi connectivity index (χ1n) is 6.12. The predicted molar refractivity (Wildman–Crippen MR) is 87.7 cm³/mol. The fraction of sp³-hybridized carbons (Fsp3) is 0.462. The van der Waals surface area contributed by atoms with E-state index in [0.29, 0.717) is 18.7 Å². The molecule has 1 aliphatic heterocycles. The van der Waals surface area contributed by atoms with E-state index >= 15 is 0 Å². The molecule has 1 aromatic carbocycles. The van der Waals surface area contributed by atoms with E-state index in [0.717, 1.165) is 15.9 Å². The zero-order valence-corrected chi connectivity index (χ0v) is 14.0. The van der Waals surface area contributed by atoms with Crippen molar-refractivity contribution >= 4 is 40.9 Å². The highest BCUT2D eigenvalue weighted by atomic mass is 127. The molecule has 1 aromatic rings. The second kappa shape index (κ2) is 8.02. The lowest BCUT2D eigenvalue weighted by Gasteiger charge is -2.14. The smallest absolute Gasteiger partial charge is 0.252 e.